The molecule has 152 valence electrons. The van der Waals surface area contributed by atoms with E-state index in [1.165, 1.54) is 5.56 Å². The Hall–Kier alpha value is -2.38. The van der Waals surface area contributed by atoms with Crippen LogP contribution in [0.25, 0.3) is 0 Å². The number of halogens is 1. The lowest BCUT2D eigenvalue weighted by Crippen LogP contribution is -2.51. The molecule has 6 nitrogen and oxygen atoms in total. The second-order valence-corrected chi connectivity index (χ2v) is 8.22. The lowest BCUT2D eigenvalue weighted by molar-refractivity contribution is -0.143. The average molecular weight is 458 g/mol. The molecule has 1 amide bonds. The van der Waals surface area contributed by atoms with Gasteiger partial charge < -0.3 is 14.5 Å². The van der Waals surface area contributed by atoms with Crippen LogP contribution in [-0.2, 0) is 16.2 Å². The van der Waals surface area contributed by atoms with Crippen LogP contribution in [0.2, 0.25) is 0 Å². The van der Waals surface area contributed by atoms with Crippen LogP contribution < -0.4 is 4.74 Å². The van der Waals surface area contributed by atoms with Gasteiger partial charge in [-0.05, 0) is 29.8 Å². The van der Waals surface area contributed by atoms with Crippen molar-refractivity contribution in [3.8, 4) is 5.75 Å². The van der Waals surface area contributed by atoms with E-state index < -0.39 is 6.10 Å². The molecule has 0 saturated carbocycles. The van der Waals surface area contributed by atoms with Gasteiger partial charge in [-0.25, -0.2) is 0 Å². The predicted octanol–water partition coefficient (Wildman–Crippen LogP) is 3.30. The third kappa shape index (κ3) is 4.79. The normalized spacial score (nSPS) is 19.6. The fraction of sp³-hybridized carbons (Fsp3) is 0.364. The molecule has 1 fully saturated rings. The molecule has 0 aliphatic carbocycles. The molecular formula is C22H24BrN3O3. The number of benzene rings is 2. The van der Waals surface area contributed by atoms with Crippen LogP contribution in [0.3, 0.4) is 0 Å². The van der Waals surface area contributed by atoms with Gasteiger partial charge in [0.25, 0.3) is 5.91 Å². The van der Waals surface area contributed by atoms with E-state index in [2.05, 4.69) is 38.1 Å². The maximum atomic E-state index is 12.9. The van der Waals surface area contributed by atoms with Gasteiger partial charge in [-0.1, -0.05) is 45.4 Å². The van der Waals surface area contributed by atoms with Gasteiger partial charge in [-0.2, -0.15) is 0 Å². The number of hydrogen-bond donors (Lipinski definition) is 0. The Morgan fingerprint density at radius 1 is 1.17 bits per heavy atom. The molecule has 0 radical (unpaired) electrons. The number of amides is 1. The molecule has 7 heteroatoms. The summed E-state index contributed by atoms with van der Waals surface area (Å²) in [7, 11) is 1.68. The molecule has 0 N–H and O–H groups in total. The molecule has 0 bridgehead atoms. The molecule has 29 heavy (non-hydrogen) atoms. The monoisotopic (exact) mass is 457 g/mol. The van der Waals surface area contributed by atoms with Crippen molar-refractivity contribution in [1.82, 2.24) is 9.80 Å². The molecule has 0 aromatic heterocycles. The summed E-state index contributed by atoms with van der Waals surface area (Å²) in [6.07, 6.45) is -0.00632. The number of carbonyl (C=O) groups is 1. The highest BCUT2D eigenvalue weighted by Gasteiger charge is 2.33. The quantitative estimate of drug-likeness (QED) is 0.690. The first-order valence-corrected chi connectivity index (χ1v) is 10.5. The van der Waals surface area contributed by atoms with Crippen LogP contribution in [0, 0.1) is 0 Å². The summed E-state index contributed by atoms with van der Waals surface area (Å²) in [5, 5.41) is 4.16. The lowest BCUT2D eigenvalue weighted by atomic mass is 10.0. The van der Waals surface area contributed by atoms with Crippen molar-refractivity contribution in [3.63, 3.8) is 0 Å². The summed E-state index contributed by atoms with van der Waals surface area (Å²) in [6, 6.07) is 16.0. The van der Waals surface area contributed by atoms with E-state index in [9.17, 15) is 4.79 Å². The number of oxime groups is 1. The van der Waals surface area contributed by atoms with Crippen molar-refractivity contribution in [1.29, 1.82) is 0 Å². The molecule has 2 heterocycles. The molecule has 1 saturated heterocycles. The Bertz CT molecular complexity index is 910. The minimum absolute atomic E-state index is 0.0276. The maximum absolute atomic E-state index is 12.9. The van der Waals surface area contributed by atoms with Gasteiger partial charge in [0.1, 0.15) is 5.75 Å². The van der Waals surface area contributed by atoms with Gasteiger partial charge in [-0.15, -0.1) is 0 Å². The Morgan fingerprint density at radius 2 is 1.97 bits per heavy atom. The van der Waals surface area contributed by atoms with E-state index in [0.717, 1.165) is 41.1 Å². The summed E-state index contributed by atoms with van der Waals surface area (Å²) < 4.78 is 6.28. The van der Waals surface area contributed by atoms with E-state index in [0.29, 0.717) is 19.5 Å². The van der Waals surface area contributed by atoms with Crippen LogP contribution in [0.5, 0.6) is 5.75 Å². The van der Waals surface area contributed by atoms with Crippen LogP contribution in [0.1, 0.15) is 17.5 Å². The first-order valence-electron chi connectivity index (χ1n) is 9.75. The van der Waals surface area contributed by atoms with E-state index in [4.69, 9.17) is 9.57 Å². The summed E-state index contributed by atoms with van der Waals surface area (Å²) in [6.45, 7) is 3.95. The second-order valence-electron chi connectivity index (χ2n) is 7.30. The fourth-order valence-electron chi connectivity index (χ4n) is 3.71. The number of rotatable bonds is 5. The highest BCUT2D eigenvalue weighted by Crippen LogP contribution is 2.22. The Kier molecular flexibility index (Phi) is 6.16. The molecule has 1 unspecified atom stereocenters. The van der Waals surface area contributed by atoms with Crippen molar-refractivity contribution in [2.75, 3.05) is 33.3 Å². The molecule has 2 aromatic rings. The minimum Gasteiger partial charge on any atom is -0.497 e. The Morgan fingerprint density at radius 3 is 2.72 bits per heavy atom. The Balaban J connectivity index is 1.28. The number of methoxy groups -OCH3 is 1. The van der Waals surface area contributed by atoms with E-state index in [1.54, 1.807) is 7.11 Å². The van der Waals surface area contributed by atoms with E-state index in [-0.39, 0.29) is 5.91 Å². The van der Waals surface area contributed by atoms with Gasteiger partial charge in [0.05, 0.1) is 12.8 Å². The summed E-state index contributed by atoms with van der Waals surface area (Å²) in [4.78, 5) is 22.6. The third-order valence-electron chi connectivity index (χ3n) is 5.33. The first kappa shape index (κ1) is 19.9. The smallest absolute Gasteiger partial charge is 0.266 e. The molecule has 2 aliphatic heterocycles. The minimum atomic E-state index is -0.520. The number of nitrogens with zero attached hydrogens (tertiary/aromatic N) is 3. The number of ether oxygens (including phenoxy) is 1. The zero-order valence-corrected chi connectivity index (χ0v) is 18.0. The van der Waals surface area contributed by atoms with Gasteiger partial charge in [0.15, 0.2) is 0 Å². The lowest BCUT2D eigenvalue weighted by Gasteiger charge is -2.35. The van der Waals surface area contributed by atoms with Gasteiger partial charge in [-0.3, -0.25) is 9.69 Å². The highest BCUT2D eigenvalue weighted by atomic mass is 79.9. The topological polar surface area (TPSA) is 54.4 Å². The summed E-state index contributed by atoms with van der Waals surface area (Å²) in [5.74, 6) is 0.899. The van der Waals surface area contributed by atoms with Gasteiger partial charge in [0, 0.05) is 49.2 Å². The van der Waals surface area contributed by atoms with Crippen molar-refractivity contribution < 1.29 is 14.4 Å². The molecule has 2 aliphatic rings. The predicted molar refractivity (Wildman–Crippen MR) is 115 cm³/mol. The van der Waals surface area contributed by atoms with Gasteiger partial charge >= 0.3 is 0 Å². The van der Waals surface area contributed by atoms with Gasteiger partial charge in [0.2, 0.25) is 6.10 Å². The first-order chi connectivity index (χ1) is 14.1. The van der Waals surface area contributed by atoms with Crippen LogP contribution in [-0.4, -0.2) is 60.8 Å². The zero-order chi connectivity index (χ0) is 20.2. The zero-order valence-electron chi connectivity index (χ0n) is 16.4. The third-order valence-corrected chi connectivity index (χ3v) is 5.82. The Labute approximate surface area is 179 Å². The molecular weight excluding hydrogens is 434 g/mol. The second kappa shape index (κ2) is 8.97. The summed E-state index contributed by atoms with van der Waals surface area (Å²) >= 11 is 3.47. The highest BCUT2D eigenvalue weighted by molar-refractivity contribution is 9.10. The van der Waals surface area contributed by atoms with Crippen molar-refractivity contribution in [2.45, 2.75) is 19.1 Å². The largest absolute Gasteiger partial charge is 0.497 e. The number of carbonyl (C=O) groups excluding carboxylic acids is 1. The van der Waals surface area contributed by atoms with Crippen LogP contribution in [0.15, 0.2) is 58.2 Å². The molecule has 4 rings (SSSR count). The van der Waals surface area contributed by atoms with E-state index >= 15 is 0 Å². The number of piperazine rings is 1. The standard InChI is InChI=1S/C22H24BrN3O3/c1-28-19-7-2-4-16(12-19)15-25-8-10-26(11-9-25)22(27)21-14-20(24-29-21)17-5-3-6-18(23)13-17/h2-7,12-13,21H,8-11,14-15H2,1H3. The van der Waals surface area contributed by atoms with Crippen molar-refractivity contribution >= 4 is 27.5 Å². The SMILES string of the molecule is COc1cccc(CN2CCN(C(=O)C3CC(c4cccc(Br)c4)=NO3)CC2)c1. The average Bonchev–Trinajstić information content (AvgIpc) is 3.24. The van der Waals surface area contributed by atoms with E-state index in [1.807, 2.05) is 41.3 Å². The summed E-state index contributed by atoms with van der Waals surface area (Å²) in [5.41, 5.74) is 3.02. The molecule has 2 aromatic carbocycles. The molecule has 1 atom stereocenters. The van der Waals surface area contributed by atoms with Crippen molar-refractivity contribution in [2.24, 2.45) is 5.16 Å². The fourth-order valence-corrected chi connectivity index (χ4v) is 4.11. The van der Waals surface area contributed by atoms with Crippen molar-refractivity contribution in [3.05, 3.63) is 64.1 Å². The van der Waals surface area contributed by atoms with Crippen LogP contribution in [0.4, 0.5) is 0 Å². The maximum Gasteiger partial charge on any atom is 0.266 e. The molecule has 0 spiro atoms. The van der Waals surface area contributed by atoms with Crippen LogP contribution >= 0.6 is 15.9 Å². The number of hydrogen-bond acceptors (Lipinski definition) is 5.